The largest absolute Gasteiger partial charge is 0.456 e. The standard InChI is InChI=1S/C63H53BN2O2/c1-60(2,3)34-18-20-35(21-19-34)66-50-30-41-40-28-46-47(62(6,7)27-26-61(46,4)5)32-45(40)63(8,9)44(41)29-42(50)37-22-23-39-56-49(24-25-54-57(56)38-15-11-13-17-53(38)67-54)65-51-31-43-36-14-10-12-16-52(36)68-55(43)33-48(51)64(66)58(37)59(39)65/h10-25,28-33H,26-27H2,1-9H3. The SMILES string of the molecule is CC(C)(C)c1ccc(N2B3c4cc5oc6ccccc6c5cc4-n4c5ccc6oc7ccccc7c6c5c5ccc(c3c54)-c3cc4c(cc32)-c2cc3c(cc2C4(C)C)C(C)(C)CCC3(C)C)cc1. The lowest BCUT2D eigenvalue weighted by Gasteiger charge is -2.42. The second-order valence-electron chi connectivity index (χ2n) is 23.5. The molecule has 2 aliphatic carbocycles. The van der Waals surface area contributed by atoms with Gasteiger partial charge in [0.1, 0.15) is 22.3 Å². The number of hydrogen-bond donors (Lipinski definition) is 0. The number of rotatable bonds is 1. The number of fused-ring (bicyclic) bond motifs is 19. The third-order valence-corrected chi connectivity index (χ3v) is 17.4. The number of aromatic nitrogens is 1. The van der Waals surface area contributed by atoms with Gasteiger partial charge < -0.3 is 18.2 Å². The van der Waals surface area contributed by atoms with Gasteiger partial charge in [-0.3, -0.25) is 0 Å². The minimum atomic E-state index is -0.188. The van der Waals surface area contributed by atoms with Gasteiger partial charge in [-0.15, -0.1) is 0 Å². The molecule has 0 N–H and O–H groups in total. The molecule has 0 spiro atoms. The van der Waals surface area contributed by atoms with E-state index in [1.807, 2.05) is 0 Å². The van der Waals surface area contributed by atoms with Crippen molar-refractivity contribution in [2.24, 2.45) is 0 Å². The molecule has 0 amide bonds. The molecule has 2 aliphatic heterocycles. The highest BCUT2D eigenvalue weighted by Gasteiger charge is 2.48. The van der Waals surface area contributed by atoms with Gasteiger partial charge in [0.25, 0.3) is 0 Å². The van der Waals surface area contributed by atoms with Crippen molar-refractivity contribution in [1.29, 1.82) is 0 Å². The molecule has 8 aromatic carbocycles. The van der Waals surface area contributed by atoms with Crippen LogP contribution in [0.5, 0.6) is 0 Å². The Balaban J connectivity index is 1.10. The zero-order valence-corrected chi connectivity index (χ0v) is 40.4. The molecule has 11 aromatic rings. The lowest BCUT2D eigenvalue weighted by Crippen LogP contribution is -2.60. The van der Waals surface area contributed by atoms with Crippen LogP contribution in [-0.2, 0) is 21.7 Å². The van der Waals surface area contributed by atoms with Gasteiger partial charge in [0, 0.05) is 60.4 Å². The van der Waals surface area contributed by atoms with Gasteiger partial charge in [0.15, 0.2) is 0 Å². The molecule has 4 nitrogen and oxygen atoms in total. The Kier molecular flexibility index (Phi) is 7.11. The summed E-state index contributed by atoms with van der Waals surface area (Å²) in [6, 6.07) is 51.1. The number of furan rings is 2. The topological polar surface area (TPSA) is 34.5 Å². The van der Waals surface area contributed by atoms with Crippen molar-refractivity contribution in [2.75, 3.05) is 4.81 Å². The van der Waals surface area contributed by atoms with Gasteiger partial charge in [-0.05, 0) is 151 Å². The van der Waals surface area contributed by atoms with Crippen molar-refractivity contribution >= 4 is 94.8 Å². The van der Waals surface area contributed by atoms with Crippen LogP contribution in [0.4, 0.5) is 11.4 Å². The van der Waals surface area contributed by atoms with E-state index in [2.05, 4.69) is 205 Å². The van der Waals surface area contributed by atoms with Crippen molar-refractivity contribution in [3.05, 3.63) is 161 Å². The number of nitrogens with zero attached hydrogens (tertiary/aromatic N) is 2. The predicted molar refractivity (Wildman–Crippen MR) is 286 cm³/mol. The number of para-hydroxylation sites is 2. The molecule has 0 fully saturated rings. The molecular weight excluding hydrogens is 828 g/mol. The molecule has 3 aromatic heterocycles. The highest BCUT2D eigenvalue weighted by atomic mass is 16.3. The zero-order valence-electron chi connectivity index (χ0n) is 40.4. The Hall–Kier alpha value is -6.98. The number of benzene rings is 8. The molecule has 0 unspecified atom stereocenters. The summed E-state index contributed by atoms with van der Waals surface area (Å²) in [6.07, 6.45) is 2.39. The van der Waals surface area contributed by atoms with Crippen LogP contribution >= 0.6 is 0 Å². The monoisotopic (exact) mass is 880 g/mol. The maximum absolute atomic E-state index is 6.81. The van der Waals surface area contributed by atoms with E-state index in [-0.39, 0.29) is 28.5 Å². The van der Waals surface area contributed by atoms with Crippen molar-refractivity contribution in [3.63, 3.8) is 0 Å². The van der Waals surface area contributed by atoms with E-state index in [0.717, 1.165) is 38.5 Å². The molecule has 0 atom stereocenters. The smallest absolute Gasteiger partial charge is 0.333 e. The normalized spacial score (nSPS) is 17.1. The highest BCUT2D eigenvalue weighted by molar-refractivity contribution is 6.94. The first-order valence-corrected chi connectivity index (χ1v) is 24.7. The molecule has 0 saturated heterocycles. The maximum Gasteiger partial charge on any atom is 0.333 e. The van der Waals surface area contributed by atoms with Crippen molar-refractivity contribution in [3.8, 4) is 27.9 Å². The van der Waals surface area contributed by atoms with Crippen LogP contribution < -0.4 is 15.7 Å². The Labute approximate surface area is 397 Å². The van der Waals surface area contributed by atoms with Gasteiger partial charge in [-0.1, -0.05) is 129 Å². The molecule has 4 aliphatic rings. The molecule has 0 saturated carbocycles. The maximum atomic E-state index is 6.81. The van der Waals surface area contributed by atoms with E-state index in [4.69, 9.17) is 8.83 Å². The van der Waals surface area contributed by atoms with Crippen LogP contribution in [-0.4, -0.2) is 11.4 Å². The van der Waals surface area contributed by atoms with Crippen LogP contribution in [0, 0.1) is 0 Å². The van der Waals surface area contributed by atoms with E-state index in [1.165, 1.54) is 118 Å². The second-order valence-corrected chi connectivity index (χ2v) is 23.5. The van der Waals surface area contributed by atoms with Gasteiger partial charge in [0.2, 0.25) is 0 Å². The quantitative estimate of drug-likeness (QED) is 0.154. The average molecular weight is 881 g/mol. The fraction of sp³-hybridized carbons (Fsp3) is 0.238. The Bertz CT molecular complexity index is 4110. The number of hydrogen-bond acceptors (Lipinski definition) is 3. The van der Waals surface area contributed by atoms with E-state index in [0.29, 0.717) is 0 Å². The summed E-state index contributed by atoms with van der Waals surface area (Å²) in [5, 5.41) is 7.08. The molecule has 5 heteroatoms. The van der Waals surface area contributed by atoms with E-state index in [9.17, 15) is 0 Å². The van der Waals surface area contributed by atoms with Gasteiger partial charge in [-0.2, -0.15) is 0 Å². The summed E-state index contributed by atoms with van der Waals surface area (Å²) in [6.45, 7) is 21.5. The second kappa shape index (κ2) is 12.4. The minimum Gasteiger partial charge on any atom is -0.456 e. The Morgan fingerprint density at radius 2 is 1.15 bits per heavy atom. The summed E-state index contributed by atoms with van der Waals surface area (Å²) >= 11 is 0. The third kappa shape index (κ3) is 4.77. The fourth-order valence-electron chi connectivity index (χ4n) is 13.6. The van der Waals surface area contributed by atoms with Crippen LogP contribution in [0.15, 0.2) is 142 Å². The van der Waals surface area contributed by atoms with Crippen LogP contribution in [0.3, 0.4) is 0 Å². The summed E-state index contributed by atoms with van der Waals surface area (Å²) in [5.74, 6) is 0. The first kappa shape index (κ1) is 39.1. The first-order chi connectivity index (χ1) is 32.6. The molecule has 68 heavy (non-hydrogen) atoms. The summed E-state index contributed by atoms with van der Waals surface area (Å²) < 4.78 is 16.0. The molecule has 15 rings (SSSR count). The van der Waals surface area contributed by atoms with E-state index < -0.39 is 0 Å². The minimum absolute atomic E-state index is 0.0164. The molecule has 330 valence electrons. The Morgan fingerprint density at radius 3 is 1.90 bits per heavy atom. The molecule has 5 heterocycles. The van der Waals surface area contributed by atoms with Crippen LogP contribution in [0.25, 0.3) is 93.6 Å². The van der Waals surface area contributed by atoms with Crippen LogP contribution in [0.2, 0.25) is 0 Å². The van der Waals surface area contributed by atoms with Gasteiger partial charge >= 0.3 is 6.85 Å². The van der Waals surface area contributed by atoms with Crippen LogP contribution in [0.1, 0.15) is 103 Å². The molecular formula is C63H53BN2O2. The third-order valence-electron chi connectivity index (χ3n) is 17.4. The first-order valence-electron chi connectivity index (χ1n) is 24.7. The Morgan fingerprint density at radius 1 is 0.500 bits per heavy atom. The zero-order chi connectivity index (χ0) is 46.1. The predicted octanol–water partition coefficient (Wildman–Crippen LogP) is 15.8. The summed E-state index contributed by atoms with van der Waals surface area (Å²) in [7, 11) is 0. The van der Waals surface area contributed by atoms with Gasteiger partial charge in [-0.25, -0.2) is 0 Å². The molecule has 0 bridgehead atoms. The fourth-order valence-corrected chi connectivity index (χ4v) is 13.6. The van der Waals surface area contributed by atoms with Gasteiger partial charge in [0.05, 0.1) is 11.0 Å². The lowest BCUT2D eigenvalue weighted by molar-refractivity contribution is 0.331. The molecule has 0 radical (unpaired) electrons. The summed E-state index contributed by atoms with van der Waals surface area (Å²) in [5.41, 5.74) is 24.9. The average Bonchev–Trinajstić information content (AvgIpc) is 4.04. The number of anilines is 2. The van der Waals surface area contributed by atoms with Crippen molar-refractivity contribution in [1.82, 2.24) is 4.57 Å². The highest BCUT2D eigenvalue weighted by Crippen LogP contribution is 2.58. The van der Waals surface area contributed by atoms with Crippen molar-refractivity contribution < 1.29 is 8.83 Å². The summed E-state index contributed by atoms with van der Waals surface area (Å²) in [4.78, 5) is 2.69. The van der Waals surface area contributed by atoms with Crippen molar-refractivity contribution in [2.45, 2.75) is 96.8 Å². The lowest BCUT2D eigenvalue weighted by atomic mass is 9.44. The van der Waals surface area contributed by atoms with E-state index >= 15 is 0 Å². The van der Waals surface area contributed by atoms with E-state index in [1.54, 1.807) is 0 Å².